The molecule has 0 aliphatic rings. The van der Waals surface area contributed by atoms with Crippen LogP contribution in [0.25, 0.3) is 34.2 Å². The Balaban J connectivity index is 1.55. The summed E-state index contributed by atoms with van der Waals surface area (Å²) < 4.78 is 12.9. The lowest BCUT2D eigenvalue weighted by molar-refractivity contribution is -0.112. The van der Waals surface area contributed by atoms with Crippen molar-refractivity contribution in [1.29, 1.82) is 5.26 Å². The third-order valence-electron chi connectivity index (χ3n) is 5.50. The van der Waals surface area contributed by atoms with Crippen LogP contribution in [0.3, 0.4) is 0 Å². The predicted molar refractivity (Wildman–Crippen MR) is 139 cm³/mol. The smallest absolute Gasteiger partial charge is 0.266 e. The summed E-state index contributed by atoms with van der Waals surface area (Å²) in [5.41, 5.74) is 2.92. The van der Waals surface area contributed by atoms with E-state index in [1.807, 2.05) is 66.7 Å². The molecule has 0 atom stereocenters. The summed E-state index contributed by atoms with van der Waals surface area (Å²) >= 11 is 6.16. The quantitative estimate of drug-likeness (QED) is 0.215. The number of benzene rings is 3. The van der Waals surface area contributed by atoms with Crippen LogP contribution in [0.5, 0.6) is 5.75 Å². The van der Waals surface area contributed by atoms with E-state index in [4.69, 9.17) is 25.9 Å². The molecule has 8 heteroatoms. The van der Waals surface area contributed by atoms with Gasteiger partial charge in [-0.2, -0.15) is 10.4 Å². The second-order valence-electron chi connectivity index (χ2n) is 7.83. The maximum absolute atomic E-state index is 13.0. The highest BCUT2D eigenvalue weighted by Gasteiger charge is 2.18. The zero-order valence-electron chi connectivity index (χ0n) is 19.1. The van der Waals surface area contributed by atoms with E-state index in [0.29, 0.717) is 39.1 Å². The number of aromatic nitrogens is 2. The number of halogens is 1. The van der Waals surface area contributed by atoms with Gasteiger partial charge in [0.15, 0.2) is 5.76 Å². The number of hydrogen-bond donors (Lipinski definition) is 1. The number of rotatable bonds is 6. The maximum Gasteiger partial charge on any atom is 0.266 e. The molecule has 0 bridgehead atoms. The number of nitriles is 1. The number of anilines is 1. The molecular weight excluding hydrogens is 476 g/mol. The number of methoxy groups -OCH3 is 1. The average Bonchev–Trinajstić information content (AvgIpc) is 3.52. The molecule has 0 saturated heterocycles. The standard InChI is InChI=1S/C28H19ClN4O3/c1-35-25-12-11-21(15-23(25)29)31-28(34)19(16-30)13-20-17-33(22-8-3-2-4-9-22)32-27(20)26-14-18-7-5-6-10-24(18)36-26/h2-15,17H,1H3,(H,31,34). The molecule has 2 heterocycles. The normalized spacial score (nSPS) is 11.3. The summed E-state index contributed by atoms with van der Waals surface area (Å²) in [6.45, 7) is 0. The highest BCUT2D eigenvalue weighted by molar-refractivity contribution is 6.32. The van der Waals surface area contributed by atoms with Crippen molar-refractivity contribution in [3.8, 4) is 29.0 Å². The van der Waals surface area contributed by atoms with E-state index in [-0.39, 0.29) is 5.57 Å². The van der Waals surface area contributed by atoms with Crippen molar-refractivity contribution in [3.05, 3.63) is 101 Å². The zero-order valence-corrected chi connectivity index (χ0v) is 19.9. The van der Waals surface area contributed by atoms with Crippen molar-refractivity contribution in [3.63, 3.8) is 0 Å². The van der Waals surface area contributed by atoms with Crippen molar-refractivity contribution in [1.82, 2.24) is 9.78 Å². The minimum atomic E-state index is -0.582. The molecule has 3 aromatic carbocycles. The summed E-state index contributed by atoms with van der Waals surface area (Å²) in [4.78, 5) is 13.0. The third kappa shape index (κ3) is 4.58. The first-order chi connectivity index (χ1) is 17.6. The van der Waals surface area contributed by atoms with Crippen molar-refractivity contribution < 1.29 is 13.9 Å². The van der Waals surface area contributed by atoms with Gasteiger partial charge in [0, 0.05) is 22.8 Å². The highest BCUT2D eigenvalue weighted by Crippen LogP contribution is 2.31. The SMILES string of the molecule is COc1ccc(NC(=O)C(C#N)=Cc2cn(-c3ccccc3)nc2-c2cc3ccccc3o2)cc1Cl. The molecule has 176 valence electrons. The van der Waals surface area contributed by atoms with Crippen LogP contribution in [0.1, 0.15) is 5.56 Å². The number of furan rings is 1. The van der Waals surface area contributed by atoms with Crippen molar-refractivity contribution in [2.24, 2.45) is 0 Å². The number of fused-ring (bicyclic) bond motifs is 1. The van der Waals surface area contributed by atoms with Crippen molar-refractivity contribution in [2.75, 3.05) is 12.4 Å². The fourth-order valence-corrected chi connectivity index (χ4v) is 4.00. The molecule has 0 spiro atoms. The molecule has 0 fully saturated rings. The van der Waals surface area contributed by atoms with Gasteiger partial charge in [-0.3, -0.25) is 4.79 Å². The fraction of sp³-hybridized carbons (Fsp3) is 0.0357. The van der Waals surface area contributed by atoms with Gasteiger partial charge in [-0.05, 0) is 48.5 Å². The average molecular weight is 495 g/mol. The van der Waals surface area contributed by atoms with Crippen LogP contribution < -0.4 is 10.1 Å². The Hall–Kier alpha value is -4.80. The molecule has 0 aliphatic carbocycles. The number of nitrogens with zero attached hydrogens (tertiary/aromatic N) is 3. The molecule has 0 radical (unpaired) electrons. The monoisotopic (exact) mass is 494 g/mol. The van der Waals surface area contributed by atoms with Gasteiger partial charge >= 0.3 is 0 Å². The summed E-state index contributed by atoms with van der Waals surface area (Å²) in [7, 11) is 1.51. The molecule has 7 nitrogen and oxygen atoms in total. The molecule has 1 N–H and O–H groups in total. The van der Waals surface area contributed by atoms with Gasteiger partial charge in [-0.25, -0.2) is 4.68 Å². The van der Waals surface area contributed by atoms with Crippen LogP contribution >= 0.6 is 11.6 Å². The van der Waals surface area contributed by atoms with Gasteiger partial charge in [-0.1, -0.05) is 48.0 Å². The number of hydrogen-bond acceptors (Lipinski definition) is 5. The molecule has 36 heavy (non-hydrogen) atoms. The Morgan fingerprint density at radius 2 is 1.89 bits per heavy atom. The second kappa shape index (κ2) is 9.82. The first-order valence-corrected chi connectivity index (χ1v) is 11.3. The Bertz CT molecular complexity index is 1610. The van der Waals surface area contributed by atoms with E-state index in [0.717, 1.165) is 11.1 Å². The Labute approximate surface area is 211 Å². The van der Waals surface area contributed by atoms with Gasteiger partial charge in [0.25, 0.3) is 5.91 Å². The van der Waals surface area contributed by atoms with Crippen molar-refractivity contribution in [2.45, 2.75) is 0 Å². The molecule has 0 unspecified atom stereocenters. The summed E-state index contributed by atoms with van der Waals surface area (Å²) in [6, 6.07) is 25.9. The van der Waals surface area contributed by atoms with Gasteiger partial charge in [0.2, 0.25) is 0 Å². The summed E-state index contributed by atoms with van der Waals surface area (Å²) in [5, 5.41) is 18.5. The predicted octanol–water partition coefficient (Wildman–Crippen LogP) is 6.49. The lowest BCUT2D eigenvalue weighted by atomic mass is 10.1. The minimum Gasteiger partial charge on any atom is -0.495 e. The Morgan fingerprint density at radius 1 is 1.11 bits per heavy atom. The number of ether oxygens (including phenoxy) is 1. The molecule has 5 aromatic rings. The molecule has 1 amide bonds. The van der Waals surface area contributed by atoms with Crippen LogP contribution in [-0.4, -0.2) is 22.8 Å². The molecule has 0 saturated carbocycles. The Morgan fingerprint density at radius 3 is 2.61 bits per heavy atom. The van der Waals surface area contributed by atoms with Crippen LogP contribution in [-0.2, 0) is 4.79 Å². The van der Waals surface area contributed by atoms with Crippen molar-refractivity contribution >= 4 is 40.2 Å². The van der Waals surface area contributed by atoms with Crippen LogP contribution in [0.2, 0.25) is 5.02 Å². The first kappa shape index (κ1) is 23.0. The first-order valence-electron chi connectivity index (χ1n) is 11.0. The maximum atomic E-state index is 13.0. The van der Waals surface area contributed by atoms with Gasteiger partial charge in [0.05, 0.1) is 17.8 Å². The number of amides is 1. The van der Waals surface area contributed by atoms with Crippen LogP contribution in [0, 0.1) is 11.3 Å². The molecule has 2 aromatic heterocycles. The van der Waals surface area contributed by atoms with E-state index in [2.05, 4.69) is 5.32 Å². The molecular formula is C28H19ClN4O3. The van der Waals surface area contributed by atoms with E-state index >= 15 is 0 Å². The lowest BCUT2D eigenvalue weighted by Crippen LogP contribution is -2.13. The number of nitrogens with one attached hydrogen (secondary N) is 1. The summed E-state index contributed by atoms with van der Waals surface area (Å²) in [5.74, 6) is 0.424. The van der Waals surface area contributed by atoms with Crippen LogP contribution in [0.4, 0.5) is 5.69 Å². The topological polar surface area (TPSA) is 93.1 Å². The van der Waals surface area contributed by atoms with E-state index < -0.39 is 5.91 Å². The lowest BCUT2D eigenvalue weighted by Gasteiger charge is -2.07. The largest absolute Gasteiger partial charge is 0.495 e. The van der Waals surface area contributed by atoms with E-state index in [9.17, 15) is 10.1 Å². The van der Waals surface area contributed by atoms with Gasteiger partial charge in [0.1, 0.15) is 28.7 Å². The molecule has 5 rings (SSSR count). The van der Waals surface area contributed by atoms with Gasteiger partial charge < -0.3 is 14.5 Å². The van der Waals surface area contributed by atoms with Gasteiger partial charge in [-0.15, -0.1) is 0 Å². The number of para-hydroxylation sites is 2. The zero-order chi connectivity index (χ0) is 25.1. The molecule has 0 aliphatic heterocycles. The third-order valence-corrected chi connectivity index (χ3v) is 5.79. The second-order valence-corrected chi connectivity index (χ2v) is 8.24. The summed E-state index contributed by atoms with van der Waals surface area (Å²) in [6.07, 6.45) is 3.25. The number of carbonyl (C=O) groups is 1. The fourth-order valence-electron chi connectivity index (χ4n) is 3.74. The highest BCUT2D eigenvalue weighted by atomic mass is 35.5. The van der Waals surface area contributed by atoms with E-state index in [1.165, 1.54) is 13.2 Å². The van der Waals surface area contributed by atoms with Crippen LogP contribution in [0.15, 0.2) is 95.0 Å². The number of carbonyl (C=O) groups excluding carboxylic acids is 1. The van der Waals surface area contributed by atoms with E-state index in [1.54, 1.807) is 29.1 Å². The minimum absolute atomic E-state index is 0.105. The Kier molecular flexibility index (Phi) is 6.27.